The maximum Gasteiger partial charge on any atom is 0.264 e. The number of para-hydroxylation sites is 1. The van der Waals surface area contributed by atoms with Crippen molar-refractivity contribution < 1.29 is 13.9 Å². The van der Waals surface area contributed by atoms with Gasteiger partial charge in [-0.2, -0.15) is 10.4 Å². The second-order valence-electron chi connectivity index (χ2n) is 12.6. The first-order valence-corrected chi connectivity index (χ1v) is 15.9. The molecule has 0 radical (unpaired) electrons. The number of ether oxygens (including phenoxy) is 1. The molecule has 3 aromatic heterocycles. The highest BCUT2D eigenvalue weighted by atomic mass is 19.1. The molecule has 0 saturated carbocycles. The molecule has 2 N–H and O–H groups in total. The molecule has 1 fully saturated rings. The smallest absolute Gasteiger partial charge is 0.264 e. The van der Waals surface area contributed by atoms with Crippen LogP contribution in [0.5, 0.6) is 11.5 Å². The number of nitrogens with zero attached hydrogens (tertiary/aromatic N) is 9. The van der Waals surface area contributed by atoms with Crippen LogP contribution in [0.2, 0.25) is 0 Å². The zero-order valence-electron chi connectivity index (χ0n) is 26.8. The molecule has 1 amide bonds. The third-order valence-corrected chi connectivity index (χ3v) is 9.13. The molecule has 5 heterocycles. The number of hydrogen-bond donors (Lipinski definition) is 1. The molecule has 244 valence electrons. The summed E-state index contributed by atoms with van der Waals surface area (Å²) in [5, 5.41) is 15.4. The number of aromatic nitrogens is 6. The van der Waals surface area contributed by atoms with Crippen LogP contribution in [0.4, 0.5) is 10.2 Å². The van der Waals surface area contributed by atoms with E-state index in [1.165, 1.54) is 12.4 Å². The zero-order valence-corrected chi connectivity index (χ0v) is 26.8. The summed E-state index contributed by atoms with van der Waals surface area (Å²) in [6.07, 6.45) is 8.26. The van der Waals surface area contributed by atoms with E-state index in [4.69, 9.17) is 15.6 Å². The van der Waals surface area contributed by atoms with Crippen LogP contribution in [0.15, 0.2) is 78.9 Å². The lowest BCUT2D eigenvalue weighted by molar-refractivity contribution is -0.128. The minimum atomic E-state index is -0.555. The number of amides is 1. The maximum absolute atomic E-state index is 15.7. The van der Waals surface area contributed by atoms with Gasteiger partial charge in [0.05, 0.1) is 18.0 Å². The van der Waals surface area contributed by atoms with E-state index < -0.39 is 11.4 Å². The summed E-state index contributed by atoms with van der Waals surface area (Å²) >= 11 is 0. The number of fused-ring (bicyclic) bond motifs is 2. The van der Waals surface area contributed by atoms with Crippen LogP contribution >= 0.6 is 0 Å². The largest absolute Gasteiger partial charge is 0.457 e. The first-order valence-electron chi connectivity index (χ1n) is 15.9. The highest BCUT2D eigenvalue weighted by Gasteiger charge is 2.34. The van der Waals surface area contributed by atoms with Gasteiger partial charge in [-0.15, -0.1) is 0 Å². The standard InChI is InChI=1S/C35H35FN10O2/c1-35(2,45-16-15-43-14-12-39-29(43)21-45)18-23(19-37)34(47)44-13-6-7-24(20-44)46-33-30(32(38)40-22-41-33)31(42-46)27-11-10-26(17-28(27)36)48-25-8-4-3-5-9-25/h3-5,8-12,14,17-18,22,24H,6-7,13,15-16,20-21H2,1-2H3,(H2,38,40,41)/b23-18+/t24-/m0/s1. The number of likely N-dealkylation sites (tertiary alicyclic amines) is 1. The third-order valence-electron chi connectivity index (χ3n) is 9.13. The van der Waals surface area contributed by atoms with Crippen molar-refractivity contribution in [3.63, 3.8) is 0 Å². The first kappa shape index (κ1) is 31.0. The van der Waals surface area contributed by atoms with Gasteiger partial charge in [0.15, 0.2) is 5.65 Å². The fourth-order valence-electron chi connectivity index (χ4n) is 6.58. The van der Waals surface area contributed by atoms with Gasteiger partial charge in [-0.1, -0.05) is 18.2 Å². The van der Waals surface area contributed by atoms with Crippen molar-refractivity contribution in [3.8, 4) is 28.8 Å². The zero-order chi connectivity index (χ0) is 33.4. The third kappa shape index (κ3) is 5.86. The Morgan fingerprint density at radius 3 is 2.73 bits per heavy atom. The van der Waals surface area contributed by atoms with Crippen molar-refractivity contribution in [3.05, 3.63) is 90.5 Å². The predicted molar refractivity (Wildman–Crippen MR) is 177 cm³/mol. The van der Waals surface area contributed by atoms with Crippen molar-refractivity contribution in [2.24, 2.45) is 0 Å². The lowest BCUT2D eigenvalue weighted by Gasteiger charge is -2.39. The Labute approximate surface area is 276 Å². The maximum atomic E-state index is 15.7. The van der Waals surface area contributed by atoms with Crippen molar-refractivity contribution >= 4 is 22.8 Å². The number of rotatable bonds is 7. The average Bonchev–Trinajstić information content (AvgIpc) is 3.73. The van der Waals surface area contributed by atoms with Gasteiger partial charge in [-0.25, -0.2) is 24.0 Å². The Balaban J connectivity index is 1.15. The Morgan fingerprint density at radius 2 is 1.94 bits per heavy atom. The molecule has 2 aliphatic heterocycles. The summed E-state index contributed by atoms with van der Waals surface area (Å²) in [5.41, 5.74) is 6.83. The predicted octanol–water partition coefficient (Wildman–Crippen LogP) is 5.11. The molecule has 0 aliphatic carbocycles. The molecule has 5 aromatic rings. The van der Waals surface area contributed by atoms with Crippen LogP contribution in [-0.2, 0) is 17.9 Å². The minimum absolute atomic E-state index is 0.0898. The number of carbonyl (C=O) groups excluding carboxylic acids is 1. The Hall–Kier alpha value is -5.61. The van der Waals surface area contributed by atoms with Gasteiger partial charge in [0.2, 0.25) is 0 Å². The molecule has 0 spiro atoms. The van der Waals surface area contributed by atoms with Crippen LogP contribution in [0.3, 0.4) is 0 Å². The molecule has 12 nitrogen and oxygen atoms in total. The van der Waals surface area contributed by atoms with Crippen molar-refractivity contribution in [1.82, 2.24) is 39.1 Å². The summed E-state index contributed by atoms with van der Waals surface area (Å²) in [5.74, 6) is 1.19. The van der Waals surface area contributed by atoms with E-state index in [9.17, 15) is 10.1 Å². The van der Waals surface area contributed by atoms with E-state index in [2.05, 4.69) is 30.5 Å². The van der Waals surface area contributed by atoms with Gasteiger partial charge in [0.25, 0.3) is 5.91 Å². The molecule has 0 bridgehead atoms. The van der Waals surface area contributed by atoms with Crippen molar-refractivity contribution in [1.29, 1.82) is 5.26 Å². The lowest BCUT2D eigenvalue weighted by atomic mass is 9.97. The van der Waals surface area contributed by atoms with Crippen LogP contribution in [0.1, 0.15) is 38.6 Å². The van der Waals surface area contributed by atoms with Crippen molar-refractivity contribution in [2.45, 2.75) is 51.4 Å². The first-order chi connectivity index (χ1) is 23.2. The highest BCUT2D eigenvalue weighted by molar-refractivity contribution is 5.99. The Morgan fingerprint density at radius 1 is 1.10 bits per heavy atom. The topological polar surface area (TPSA) is 144 Å². The molecule has 2 aromatic carbocycles. The molecular formula is C35H35FN10O2. The molecule has 48 heavy (non-hydrogen) atoms. The van der Waals surface area contributed by atoms with Gasteiger partial charge < -0.3 is 19.9 Å². The van der Waals surface area contributed by atoms with E-state index in [0.717, 1.165) is 18.9 Å². The summed E-state index contributed by atoms with van der Waals surface area (Å²) in [4.78, 5) is 30.8. The monoisotopic (exact) mass is 646 g/mol. The van der Waals surface area contributed by atoms with E-state index in [-0.39, 0.29) is 28.9 Å². The number of halogens is 1. The SMILES string of the molecule is CC(C)(/C=C(\C#N)C(=O)N1CCC[C@H](n2nc(-c3ccc(Oc4ccccc4)cc3F)c3c(N)ncnc32)C1)N1CCn2ccnc2C1. The van der Waals surface area contributed by atoms with Gasteiger partial charge in [0, 0.05) is 55.7 Å². The number of nitriles is 1. The lowest BCUT2D eigenvalue weighted by Crippen LogP contribution is -2.47. The number of hydrogen-bond acceptors (Lipinski definition) is 9. The van der Waals surface area contributed by atoms with Crippen LogP contribution in [0.25, 0.3) is 22.3 Å². The number of anilines is 1. The number of nitrogens with two attached hydrogens (primary N) is 1. The summed E-state index contributed by atoms with van der Waals surface area (Å²) in [6, 6.07) is 15.6. The molecule has 1 atom stereocenters. The van der Waals surface area contributed by atoms with Crippen LogP contribution in [-0.4, -0.2) is 70.2 Å². The van der Waals surface area contributed by atoms with E-state index in [1.54, 1.807) is 46.1 Å². The minimum Gasteiger partial charge on any atom is -0.457 e. The summed E-state index contributed by atoms with van der Waals surface area (Å²) in [6.45, 7) is 7.00. The van der Waals surface area contributed by atoms with Gasteiger partial charge in [-0.3, -0.25) is 9.69 Å². The summed E-state index contributed by atoms with van der Waals surface area (Å²) in [7, 11) is 0. The fourth-order valence-corrected chi connectivity index (χ4v) is 6.58. The molecule has 1 saturated heterocycles. The van der Waals surface area contributed by atoms with E-state index in [1.807, 2.05) is 38.2 Å². The molecule has 13 heteroatoms. The molecule has 7 rings (SSSR count). The van der Waals surface area contributed by atoms with E-state index >= 15 is 4.39 Å². The normalized spacial score (nSPS) is 17.2. The summed E-state index contributed by atoms with van der Waals surface area (Å²) < 4.78 is 25.3. The number of nitrogen functional groups attached to an aromatic ring is 1. The van der Waals surface area contributed by atoms with Gasteiger partial charge in [0.1, 0.15) is 52.6 Å². The van der Waals surface area contributed by atoms with E-state index in [0.29, 0.717) is 60.7 Å². The van der Waals surface area contributed by atoms with Gasteiger partial charge >= 0.3 is 0 Å². The second-order valence-corrected chi connectivity index (χ2v) is 12.6. The van der Waals surface area contributed by atoms with Crippen LogP contribution < -0.4 is 10.5 Å². The number of piperidine rings is 1. The van der Waals surface area contributed by atoms with Gasteiger partial charge in [-0.05, 0) is 57.0 Å². The fraction of sp³-hybridized carbons (Fsp3) is 0.314. The van der Waals surface area contributed by atoms with Crippen LogP contribution in [0, 0.1) is 17.1 Å². The Bertz CT molecular complexity index is 2060. The molecule has 0 unspecified atom stereocenters. The number of carbonyl (C=O) groups is 1. The molecule has 2 aliphatic rings. The second kappa shape index (κ2) is 12.5. The highest BCUT2D eigenvalue weighted by Crippen LogP contribution is 2.36. The molecular weight excluding hydrogens is 611 g/mol. The quantitative estimate of drug-likeness (QED) is 0.188. The number of imidazole rings is 1. The number of benzene rings is 2. The average molecular weight is 647 g/mol. The van der Waals surface area contributed by atoms with Crippen molar-refractivity contribution in [2.75, 3.05) is 25.4 Å². The Kier molecular flexibility index (Phi) is 8.10.